The third-order valence-electron chi connectivity index (χ3n) is 4.08. The summed E-state index contributed by atoms with van der Waals surface area (Å²) < 4.78 is 0. The minimum atomic E-state index is 0.233. The number of hydrogen-bond donors (Lipinski definition) is 4. The SMILES string of the molecule is NNc1cc(NC2CCN3CCCCC23)nc(N)n1. The first-order valence-corrected chi connectivity index (χ1v) is 6.88. The van der Waals surface area contributed by atoms with E-state index in [-0.39, 0.29) is 5.95 Å². The van der Waals surface area contributed by atoms with Crippen molar-refractivity contribution in [1.29, 1.82) is 0 Å². The number of nitrogens with zero attached hydrogens (tertiary/aromatic N) is 3. The first kappa shape index (κ1) is 12.4. The standard InChI is InChI=1S/C12H21N7/c13-12-16-10(7-11(17-12)18-14)15-8-4-6-19-5-2-1-3-9(8)19/h7-9H,1-6,14H2,(H4,13,15,16,17,18). The maximum absolute atomic E-state index is 5.67. The molecule has 7 heteroatoms. The van der Waals surface area contributed by atoms with E-state index in [1.807, 2.05) is 0 Å². The van der Waals surface area contributed by atoms with Crippen molar-refractivity contribution in [2.75, 3.05) is 29.6 Å². The summed E-state index contributed by atoms with van der Waals surface area (Å²) >= 11 is 0. The number of fused-ring (bicyclic) bond motifs is 1. The number of nitrogen functional groups attached to an aromatic ring is 2. The molecule has 7 nitrogen and oxygen atoms in total. The predicted molar refractivity (Wildman–Crippen MR) is 75.5 cm³/mol. The molecule has 3 rings (SSSR count). The maximum atomic E-state index is 5.67. The van der Waals surface area contributed by atoms with Crippen LogP contribution in [-0.2, 0) is 0 Å². The fourth-order valence-electron chi connectivity index (χ4n) is 3.22. The van der Waals surface area contributed by atoms with E-state index in [2.05, 4.69) is 25.6 Å². The molecule has 0 aromatic carbocycles. The third-order valence-corrected chi connectivity index (χ3v) is 4.08. The summed E-state index contributed by atoms with van der Waals surface area (Å²) in [7, 11) is 0. The van der Waals surface area contributed by atoms with Gasteiger partial charge >= 0.3 is 0 Å². The monoisotopic (exact) mass is 263 g/mol. The van der Waals surface area contributed by atoms with Crippen molar-refractivity contribution in [2.45, 2.75) is 37.8 Å². The van der Waals surface area contributed by atoms with Crippen molar-refractivity contribution in [2.24, 2.45) is 5.84 Å². The second kappa shape index (κ2) is 5.18. The van der Waals surface area contributed by atoms with Gasteiger partial charge in [-0.2, -0.15) is 9.97 Å². The molecule has 104 valence electrons. The van der Waals surface area contributed by atoms with Crippen LogP contribution in [0.4, 0.5) is 17.6 Å². The molecule has 2 aliphatic rings. The van der Waals surface area contributed by atoms with Gasteiger partial charge in [0.25, 0.3) is 0 Å². The minimum Gasteiger partial charge on any atom is -0.368 e. The van der Waals surface area contributed by atoms with Crippen molar-refractivity contribution in [3.63, 3.8) is 0 Å². The Labute approximate surface area is 112 Å². The molecule has 1 aromatic heterocycles. The van der Waals surface area contributed by atoms with Crippen LogP contribution in [-0.4, -0.2) is 40.0 Å². The Morgan fingerprint density at radius 1 is 1.16 bits per heavy atom. The van der Waals surface area contributed by atoms with Crippen LogP contribution in [0.15, 0.2) is 6.07 Å². The molecule has 2 atom stereocenters. The van der Waals surface area contributed by atoms with E-state index in [1.54, 1.807) is 6.07 Å². The van der Waals surface area contributed by atoms with Gasteiger partial charge in [-0.3, -0.25) is 4.90 Å². The van der Waals surface area contributed by atoms with Crippen LogP contribution >= 0.6 is 0 Å². The lowest BCUT2D eigenvalue weighted by atomic mass is 9.99. The van der Waals surface area contributed by atoms with Crippen molar-refractivity contribution < 1.29 is 0 Å². The Kier molecular flexibility index (Phi) is 3.39. The van der Waals surface area contributed by atoms with Gasteiger partial charge in [0.2, 0.25) is 5.95 Å². The lowest BCUT2D eigenvalue weighted by Gasteiger charge is -2.32. The van der Waals surface area contributed by atoms with Crippen molar-refractivity contribution in [3.8, 4) is 0 Å². The molecule has 19 heavy (non-hydrogen) atoms. The maximum Gasteiger partial charge on any atom is 0.223 e. The van der Waals surface area contributed by atoms with Crippen LogP contribution in [0.2, 0.25) is 0 Å². The van der Waals surface area contributed by atoms with Gasteiger partial charge in [-0.25, -0.2) is 5.84 Å². The van der Waals surface area contributed by atoms with Gasteiger partial charge in [-0.1, -0.05) is 6.42 Å². The van der Waals surface area contributed by atoms with E-state index in [9.17, 15) is 0 Å². The van der Waals surface area contributed by atoms with Crippen LogP contribution in [0.5, 0.6) is 0 Å². The molecule has 2 unspecified atom stereocenters. The third kappa shape index (κ3) is 2.57. The summed E-state index contributed by atoms with van der Waals surface area (Å²) in [6.45, 7) is 2.40. The molecule has 0 radical (unpaired) electrons. The Morgan fingerprint density at radius 3 is 2.84 bits per heavy atom. The van der Waals surface area contributed by atoms with Gasteiger partial charge in [0.05, 0.1) is 0 Å². The largest absolute Gasteiger partial charge is 0.368 e. The van der Waals surface area contributed by atoms with Gasteiger partial charge < -0.3 is 16.5 Å². The molecule has 0 aliphatic carbocycles. The van der Waals surface area contributed by atoms with E-state index < -0.39 is 0 Å². The highest BCUT2D eigenvalue weighted by atomic mass is 15.3. The number of nitrogens with one attached hydrogen (secondary N) is 2. The predicted octanol–water partition coefficient (Wildman–Crippen LogP) is 0.383. The average molecular weight is 263 g/mol. The first-order valence-electron chi connectivity index (χ1n) is 6.88. The van der Waals surface area contributed by atoms with Crippen LogP contribution in [0.1, 0.15) is 25.7 Å². The molecule has 0 saturated carbocycles. The summed E-state index contributed by atoms with van der Waals surface area (Å²) in [6, 6.07) is 2.86. The van der Waals surface area contributed by atoms with Crippen LogP contribution in [0.3, 0.4) is 0 Å². The zero-order valence-corrected chi connectivity index (χ0v) is 11.0. The molecule has 2 aliphatic heterocycles. The van der Waals surface area contributed by atoms with E-state index in [0.717, 1.165) is 12.2 Å². The van der Waals surface area contributed by atoms with Crippen LogP contribution in [0.25, 0.3) is 0 Å². The summed E-state index contributed by atoms with van der Waals surface area (Å²) in [4.78, 5) is 10.8. The quantitative estimate of drug-likeness (QED) is 0.461. The molecule has 1 aromatic rings. The number of piperidine rings is 1. The van der Waals surface area contributed by atoms with Crippen molar-refractivity contribution in [1.82, 2.24) is 14.9 Å². The van der Waals surface area contributed by atoms with Crippen molar-refractivity contribution >= 4 is 17.6 Å². The Balaban J connectivity index is 1.72. The number of hydrogen-bond acceptors (Lipinski definition) is 7. The number of anilines is 3. The fraction of sp³-hybridized carbons (Fsp3) is 0.667. The molecule has 2 saturated heterocycles. The van der Waals surface area contributed by atoms with Gasteiger partial charge in [-0.05, 0) is 25.8 Å². The zero-order chi connectivity index (χ0) is 13.2. The summed E-state index contributed by atoms with van der Waals surface area (Å²) in [6.07, 6.45) is 5.06. The van der Waals surface area contributed by atoms with Gasteiger partial charge in [0.15, 0.2) is 0 Å². The molecular weight excluding hydrogens is 242 g/mol. The molecule has 6 N–H and O–H groups in total. The molecule has 0 bridgehead atoms. The Hall–Kier alpha value is -1.60. The molecule has 0 spiro atoms. The number of rotatable bonds is 3. The molecular formula is C12H21N7. The van der Waals surface area contributed by atoms with E-state index >= 15 is 0 Å². The fourth-order valence-corrected chi connectivity index (χ4v) is 3.22. The van der Waals surface area contributed by atoms with E-state index in [1.165, 1.54) is 32.4 Å². The van der Waals surface area contributed by atoms with Gasteiger partial charge in [0.1, 0.15) is 11.6 Å². The van der Waals surface area contributed by atoms with Crippen molar-refractivity contribution in [3.05, 3.63) is 6.07 Å². The van der Waals surface area contributed by atoms with Gasteiger partial charge in [0, 0.05) is 24.7 Å². The van der Waals surface area contributed by atoms with E-state index in [4.69, 9.17) is 11.6 Å². The second-order valence-corrected chi connectivity index (χ2v) is 5.28. The number of hydrazine groups is 1. The lowest BCUT2D eigenvalue weighted by Crippen LogP contribution is -2.41. The Bertz CT molecular complexity index is 450. The van der Waals surface area contributed by atoms with Crippen LogP contribution in [0, 0.1) is 0 Å². The topological polar surface area (TPSA) is 105 Å². The zero-order valence-electron chi connectivity index (χ0n) is 11.0. The second-order valence-electron chi connectivity index (χ2n) is 5.28. The molecule has 2 fully saturated rings. The smallest absolute Gasteiger partial charge is 0.223 e. The average Bonchev–Trinajstić information content (AvgIpc) is 2.82. The highest BCUT2D eigenvalue weighted by Gasteiger charge is 2.35. The summed E-state index contributed by atoms with van der Waals surface area (Å²) in [5, 5.41) is 3.49. The lowest BCUT2D eigenvalue weighted by molar-refractivity contribution is 0.192. The summed E-state index contributed by atoms with van der Waals surface area (Å²) in [5.74, 6) is 6.89. The number of aromatic nitrogens is 2. The highest BCUT2D eigenvalue weighted by Crippen LogP contribution is 2.29. The van der Waals surface area contributed by atoms with Gasteiger partial charge in [-0.15, -0.1) is 0 Å². The molecule has 0 amide bonds. The first-order chi connectivity index (χ1) is 9.26. The normalized spacial score (nSPS) is 27.0. The minimum absolute atomic E-state index is 0.233. The van der Waals surface area contributed by atoms with Crippen LogP contribution < -0.4 is 22.3 Å². The number of nitrogens with two attached hydrogens (primary N) is 2. The summed E-state index contributed by atoms with van der Waals surface area (Å²) in [5.41, 5.74) is 8.18. The van der Waals surface area contributed by atoms with E-state index in [0.29, 0.717) is 17.9 Å². The Morgan fingerprint density at radius 2 is 2.00 bits per heavy atom. The molecule has 3 heterocycles. The highest BCUT2D eigenvalue weighted by molar-refractivity contribution is 5.51.